The molecule has 1 aliphatic rings. The van der Waals surface area contributed by atoms with Crippen LogP contribution >= 0.6 is 0 Å². The molecular weight excluding hydrogens is 246 g/mol. The molecule has 0 saturated heterocycles. The number of nitrogens with one attached hydrogen (secondary N) is 1. The Labute approximate surface area is 112 Å². The highest BCUT2D eigenvalue weighted by Crippen LogP contribution is 2.31. The number of carbonyl (C=O) groups excluding carboxylic acids is 1. The second kappa shape index (κ2) is 5.93. The van der Waals surface area contributed by atoms with Gasteiger partial charge in [0.15, 0.2) is 11.5 Å². The van der Waals surface area contributed by atoms with Crippen molar-refractivity contribution in [3.8, 4) is 11.5 Å². The molecule has 5 nitrogen and oxygen atoms in total. The standard InChI is InChI=1S/C14H19NO4/c1-18-12-6-5-10(7-11(12)16)13(14(17)19-2)15-8-9-3-4-9/h5-7,9,13,15-16H,3-4,8H2,1-2H3. The summed E-state index contributed by atoms with van der Waals surface area (Å²) < 4.78 is 9.79. The van der Waals surface area contributed by atoms with Gasteiger partial charge in [0.1, 0.15) is 6.04 Å². The van der Waals surface area contributed by atoms with E-state index in [0.717, 1.165) is 6.54 Å². The molecule has 1 atom stereocenters. The fourth-order valence-corrected chi connectivity index (χ4v) is 1.95. The number of ether oxygens (including phenoxy) is 2. The lowest BCUT2D eigenvalue weighted by molar-refractivity contribution is -0.143. The number of hydrogen-bond donors (Lipinski definition) is 2. The maximum absolute atomic E-state index is 11.8. The first kappa shape index (κ1) is 13.7. The van der Waals surface area contributed by atoms with E-state index in [2.05, 4.69) is 5.32 Å². The van der Waals surface area contributed by atoms with Crippen LogP contribution in [0.4, 0.5) is 0 Å². The van der Waals surface area contributed by atoms with Crippen molar-refractivity contribution in [2.45, 2.75) is 18.9 Å². The Bertz CT molecular complexity index is 457. The maximum Gasteiger partial charge on any atom is 0.327 e. The van der Waals surface area contributed by atoms with Crippen molar-refractivity contribution in [3.63, 3.8) is 0 Å². The lowest BCUT2D eigenvalue weighted by atomic mass is 10.1. The number of benzene rings is 1. The molecule has 5 heteroatoms. The van der Waals surface area contributed by atoms with E-state index in [1.807, 2.05) is 0 Å². The number of hydrogen-bond acceptors (Lipinski definition) is 5. The Morgan fingerprint density at radius 1 is 1.47 bits per heavy atom. The van der Waals surface area contributed by atoms with E-state index in [-0.39, 0.29) is 11.7 Å². The summed E-state index contributed by atoms with van der Waals surface area (Å²) in [5.41, 5.74) is 0.672. The zero-order valence-electron chi connectivity index (χ0n) is 11.2. The van der Waals surface area contributed by atoms with Crippen LogP contribution in [0.15, 0.2) is 18.2 Å². The van der Waals surface area contributed by atoms with Crippen LogP contribution in [0, 0.1) is 5.92 Å². The summed E-state index contributed by atoms with van der Waals surface area (Å²) in [6, 6.07) is 4.36. The Hall–Kier alpha value is -1.75. The fourth-order valence-electron chi connectivity index (χ4n) is 1.95. The first-order chi connectivity index (χ1) is 9.15. The van der Waals surface area contributed by atoms with E-state index in [1.54, 1.807) is 12.1 Å². The van der Waals surface area contributed by atoms with Crippen LogP contribution in [0.2, 0.25) is 0 Å². The van der Waals surface area contributed by atoms with Gasteiger partial charge in [-0.05, 0) is 43.0 Å². The van der Waals surface area contributed by atoms with Gasteiger partial charge in [0.2, 0.25) is 0 Å². The van der Waals surface area contributed by atoms with E-state index < -0.39 is 6.04 Å². The average Bonchev–Trinajstić information content (AvgIpc) is 3.23. The van der Waals surface area contributed by atoms with E-state index >= 15 is 0 Å². The Morgan fingerprint density at radius 3 is 2.74 bits per heavy atom. The Balaban J connectivity index is 2.15. The van der Waals surface area contributed by atoms with Crippen LogP contribution in [-0.4, -0.2) is 31.8 Å². The summed E-state index contributed by atoms with van der Waals surface area (Å²) in [5.74, 6) is 0.695. The predicted octanol–water partition coefficient (Wildman–Crippen LogP) is 1.61. The van der Waals surface area contributed by atoms with Gasteiger partial charge < -0.3 is 19.9 Å². The summed E-state index contributed by atoms with van der Waals surface area (Å²) in [4.78, 5) is 11.8. The fraction of sp³-hybridized carbons (Fsp3) is 0.500. The minimum atomic E-state index is -0.553. The molecule has 1 aromatic rings. The molecule has 2 N–H and O–H groups in total. The van der Waals surface area contributed by atoms with Crippen molar-refractivity contribution in [2.24, 2.45) is 5.92 Å². The molecule has 19 heavy (non-hydrogen) atoms. The second-order valence-corrected chi connectivity index (χ2v) is 4.74. The minimum absolute atomic E-state index is 0.0159. The van der Waals surface area contributed by atoms with Crippen molar-refractivity contribution in [1.82, 2.24) is 5.32 Å². The zero-order valence-corrected chi connectivity index (χ0v) is 11.2. The van der Waals surface area contributed by atoms with Crippen molar-refractivity contribution < 1.29 is 19.4 Å². The summed E-state index contributed by atoms with van der Waals surface area (Å²) >= 11 is 0. The first-order valence-electron chi connectivity index (χ1n) is 6.33. The van der Waals surface area contributed by atoms with E-state index in [4.69, 9.17) is 9.47 Å². The van der Waals surface area contributed by atoms with Crippen LogP contribution in [0.5, 0.6) is 11.5 Å². The number of methoxy groups -OCH3 is 2. The van der Waals surface area contributed by atoms with Crippen molar-refractivity contribution in [2.75, 3.05) is 20.8 Å². The summed E-state index contributed by atoms with van der Waals surface area (Å²) in [6.45, 7) is 0.784. The van der Waals surface area contributed by atoms with Crippen LogP contribution in [0.1, 0.15) is 24.4 Å². The van der Waals surface area contributed by atoms with Crippen LogP contribution in [-0.2, 0) is 9.53 Å². The lowest BCUT2D eigenvalue weighted by Crippen LogP contribution is -2.31. The predicted molar refractivity (Wildman–Crippen MR) is 70.1 cm³/mol. The number of rotatable bonds is 6. The van der Waals surface area contributed by atoms with E-state index in [0.29, 0.717) is 17.2 Å². The molecular formula is C14H19NO4. The molecule has 1 unspecified atom stereocenters. The van der Waals surface area contributed by atoms with Crippen molar-refractivity contribution >= 4 is 5.97 Å². The summed E-state index contributed by atoms with van der Waals surface area (Å²) in [7, 11) is 2.84. The number of phenolic OH excluding ortho intramolecular Hbond substituents is 1. The normalized spacial score (nSPS) is 15.9. The number of carbonyl (C=O) groups is 1. The Kier molecular flexibility index (Phi) is 4.27. The number of phenols is 1. The van der Waals surface area contributed by atoms with Crippen LogP contribution < -0.4 is 10.1 Å². The van der Waals surface area contributed by atoms with E-state index in [9.17, 15) is 9.90 Å². The third kappa shape index (κ3) is 3.38. The molecule has 0 aliphatic heterocycles. The molecule has 1 aliphatic carbocycles. The van der Waals surface area contributed by atoms with Gasteiger partial charge in [0.05, 0.1) is 14.2 Å². The third-order valence-electron chi connectivity index (χ3n) is 3.28. The zero-order chi connectivity index (χ0) is 13.8. The molecule has 0 aromatic heterocycles. The highest BCUT2D eigenvalue weighted by molar-refractivity contribution is 5.77. The smallest absolute Gasteiger partial charge is 0.327 e. The molecule has 0 heterocycles. The van der Waals surface area contributed by atoms with Crippen LogP contribution in [0.25, 0.3) is 0 Å². The van der Waals surface area contributed by atoms with Gasteiger partial charge >= 0.3 is 5.97 Å². The Morgan fingerprint density at radius 2 is 2.21 bits per heavy atom. The molecule has 1 aromatic carbocycles. The monoisotopic (exact) mass is 265 g/mol. The highest BCUT2D eigenvalue weighted by atomic mass is 16.5. The minimum Gasteiger partial charge on any atom is -0.504 e. The number of aromatic hydroxyl groups is 1. The van der Waals surface area contributed by atoms with Gasteiger partial charge in [-0.3, -0.25) is 0 Å². The average molecular weight is 265 g/mol. The molecule has 0 spiro atoms. The first-order valence-corrected chi connectivity index (χ1v) is 6.33. The molecule has 0 radical (unpaired) electrons. The summed E-state index contributed by atoms with van der Waals surface area (Å²) in [6.07, 6.45) is 2.41. The topological polar surface area (TPSA) is 67.8 Å². The van der Waals surface area contributed by atoms with Gasteiger partial charge in [-0.1, -0.05) is 6.07 Å². The maximum atomic E-state index is 11.8. The van der Waals surface area contributed by atoms with Gasteiger partial charge in [-0.2, -0.15) is 0 Å². The molecule has 0 bridgehead atoms. The molecule has 1 fully saturated rings. The largest absolute Gasteiger partial charge is 0.504 e. The lowest BCUT2D eigenvalue weighted by Gasteiger charge is -2.17. The third-order valence-corrected chi connectivity index (χ3v) is 3.28. The summed E-state index contributed by atoms with van der Waals surface area (Å²) in [5, 5.41) is 13.0. The highest BCUT2D eigenvalue weighted by Gasteiger charge is 2.27. The SMILES string of the molecule is COC(=O)C(NCC1CC1)c1ccc(OC)c(O)c1. The van der Waals surface area contributed by atoms with E-state index in [1.165, 1.54) is 33.1 Å². The number of esters is 1. The van der Waals surface area contributed by atoms with Crippen molar-refractivity contribution in [1.29, 1.82) is 0 Å². The van der Waals surface area contributed by atoms with Gasteiger partial charge in [-0.25, -0.2) is 4.79 Å². The molecule has 1 saturated carbocycles. The second-order valence-electron chi connectivity index (χ2n) is 4.74. The van der Waals surface area contributed by atoms with Gasteiger partial charge in [0, 0.05) is 0 Å². The molecule has 0 amide bonds. The van der Waals surface area contributed by atoms with Crippen molar-refractivity contribution in [3.05, 3.63) is 23.8 Å². The van der Waals surface area contributed by atoms with Crippen LogP contribution in [0.3, 0.4) is 0 Å². The van der Waals surface area contributed by atoms with Gasteiger partial charge in [-0.15, -0.1) is 0 Å². The molecule has 2 rings (SSSR count). The molecule has 104 valence electrons. The quantitative estimate of drug-likeness (QED) is 0.765. The van der Waals surface area contributed by atoms with Gasteiger partial charge in [0.25, 0.3) is 0 Å².